The quantitative estimate of drug-likeness (QED) is 0.407. The molecule has 140 valence electrons. The summed E-state index contributed by atoms with van der Waals surface area (Å²) < 4.78 is 27.4. The van der Waals surface area contributed by atoms with E-state index in [1.165, 1.54) is 19.8 Å². The van der Waals surface area contributed by atoms with E-state index in [0.717, 1.165) is 31.5 Å². The van der Waals surface area contributed by atoms with Gasteiger partial charge in [0.1, 0.15) is 0 Å². The molecule has 1 saturated carbocycles. The molecule has 7 heteroatoms. The predicted molar refractivity (Wildman–Crippen MR) is 96.0 cm³/mol. The molecule has 1 fully saturated rings. The van der Waals surface area contributed by atoms with E-state index in [0.29, 0.717) is 0 Å². The van der Waals surface area contributed by atoms with Gasteiger partial charge in [0.15, 0.2) is 0 Å². The first-order chi connectivity index (χ1) is 11.8. The van der Waals surface area contributed by atoms with Crippen LogP contribution in [0.15, 0.2) is 42.1 Å². The Kier molecular flexibility index (Phi) is 8.99. The molecule has 0 amide bonds. The van der Waals surface area contributed by atoms with Crippen LogP contribution in [0.1, 0.15) is 45.1 Å². The van der Waals surface area contributed by atoms with Gasteiger partial charge in [-0.1, -0.05) is 57.0 Å². The van der Waals surface area contributed by atoms with E-state index in [9.17, 15) is 9.67 Å². The molecule has 5 nitrogen and oxygen atoms in total. The summed E-state index contributed by atoms with van der Waals surface area (Å²) in [5, 5.41) is 12.2. The third kappa shape index (κ3) is 5.65. The molecule has 0 heterocycles. The van der Waals surface area contributed by atoms with Gasteiger partial charge in [-0.05, 0) is 29.7 Å². The van der Waals surface area contributed by atoms with Crippen LogP contribution in [0, 0.1) is 5.92 Å². The minimum Gasteiger partial charge on any atom is -0.609 e. The second kappa shape index (κ2) is 10.0. The zero-order chi connectivity index (χ0) is 18.5. The van der Waals surface area contributed by atoms with E-state index < -0.39 is 13.5 Å². The average Bonchev–Trinajstić information content (AvgIpc) is 2.62. The van der Waals surface area contributed by atoms with Crippen LogP contribution in [0.25, 0.3) is 0 Å². The van der Waals surface area contributed by atoms with Gasteiger partial charge in [-0.3, -0.25) is 4.57 Å². The number of rotatable bonds is 7. The SMILES string of the molecule is COP(=O)(/C=C(\[O-])O[C@H]1CCCCC1C(C)(C)c1ccccc1)OC.[Li+]. The molecule has 1 unspecified atom stereocenters. The third-order valence-electron chi connectivity index (χ3n) is 5.19. The summed E-state index contributed by atoms with van der Waals surface area (Å²) in [7, 11) is -1.03. The Labute approximate surface area is 168 Å². The van der Waals surface area contributed by atoms with Crippen molar-refractivity contribution < 1.29 is 42.3 Å². The zero-order valence-electron chi connectivity index (χ0n) is 16.4. The maximum Gasteiger partial charge on any atom is 1.00 e. The molecule has 26 heavy (non-hydrogen) atoms. The molecule has 0 N–H and O–H groups in total. The summed E-state index contributed by atoms with van der Waals surface area (Å²) in [5.74, 6) is 0.479. The molecular weight excluding hydrogens is 346 g/mol. The van der Waals surface area contributed by atoms with Crippen molar-refractivity contribution in [3.8, 4) is 0 Å². The monoisotopic (exact) mass is 374 g/mol. The molecule has 0 radical (unpaired) electrons. The van der Waals surface area contributed by atoms with Gasteiger partial charge in [-0.15, -0.1) is 0 Å². The number of hydrogen-bond donors (Lipinski definition) is 0. The van der Waals surface area contributed by atoms with Crippen LogP contribution in [0.5, 0.6) is 0 Å². The summed E-state index contributed by atoms with van der Waals surface area (Å²) in [6.07, 6.45) is 3.73. The molecule has 2 atom stereocenters. The maximum absolute atomic E-state index is 12.2. The van der Waals surface area contributed by atoms with Gasteiger partial charge in [0.05, 0.1) is 5.95 Å². The molecule has 0 aliphatic heterocycles. The summed E-state index contributed by atoms with van der Waals surface area (Å²) in [4.78, 5) is 0. The molecule has 0 spiro atoms. The summed E-state index contributed by atoms with van der Waals surface area (Å²) in [6.45, 7) is 4.39. The van der Waals surface area contributed by atoms with Gasteiger partial charge in [0.2, 0.25) is 0 Å². The molecule has 1 aliphatic rings. The topological polar surface area (TPSA) is 67.8 Å². The smallest absolute Gasteiger partial charge is 0.609 e. The fourth-order valence-electron chi connectivity index (χ4n) is 3.63. The molecule has 1 aromatic carbocycles. The molecular formula is C19H28LiO5P. The van der Waals surface area contributed by atoms with Crippen LogP contribution < -0.4 is 24.0 Å². The summed E-state index contributed by atoms with van der Waals surface area (Å²) in [6, 6.07) is 10.3. The average molecular weight is 374 g/mol. The molecule has 0 aromatic heterocycles. The van der Waals surface area contributed by atoms with E-state index in [1.807, 2.05) is 18.2 Å². The molecule has 1 aromatic rings. The zero-order valence-corrected chi connectivity index (χ0v) is 17.3. The first-order valence-corrected chi connectivity index (χ1v) is 10.3. The molecule has 1 aliphatic carbocycles. The first-order valence-electron chi connectivity index (χ1n) is 8.65. The van der Waals surface area contributed by atoms with E-state index >= 15 is 0 Å². The van der Waals surface area contributed by atoms with E-state index in [-0.39, 0.29) is 36.3 Å². The van der Waals surface area contributed by atoms with E-state index in [2.05, 4.69) is 26.0 Å². The Morgan fingerprint density at radius 3 is 2.31 bits per heavy atom. The van der Waals surface area contributed by atoms with Crippen LogP contribution in [0.4, 0.5) is 0 Å². The fourth-order valence-corrected chi connectivity index (χ4v) is 4.31. The minimum atomic E-state index is -3.52. The Bertz CT molecular complexity index is 624. The standard InChI is InChI=1S/C19H29O5P.Li/c1-19(2,15-10-6-5-7-11-15)16-12-8-9-13-17(16)24-18(20)14-25(21,22-3)23-4;/h5-7,10-11,14,16-17,20H,8-9,12-13H2,1-4H3;/q;+1/p-1/b18-14+;/t16?,17-;/m0./s1. The van der Waals surface area contributed by atoms with Crippen molar-refractivity contribution in [1.29, 1.82) is 0 Å². The molecule has 0 bridgehead atoms. The number of benzene rings is 1. The van der Waals surface area contributed by atoms with Crippen molar-refractivity contribution in [2.24, 2.45) is 5.92 Å². The van der Waals surface area contributed by atoms with Crippen molar-refractivity contribution in [1.82, 2.24) is 0 Å². The largest absolute Gasteiger partial charge is 1.00 e. The maximum atomic E-state index is 12.2. The van der Waals surface area contributed by atoms with Crippen molar-refractivity contribution in [2.75, 3.05) is 14.2 Å². The normalized spacial score (nSPS) is 21.8. The van der Waals surface area contributed by atoms with E-state index in [1.54, 1.807) is 0 Å². The Hall–Kier alpha value is -0.693. The second-order valence-corrected chi connectivity index (χ2v) is 9.06. The van der Waals surface area contributed by atoms with Gasteiger partial charge >= 0.3 is 26.5 Å². The Morgan fingerprint density at radius 1 is 1.15 bits per heavy atom. The fraction of sp³-hybridized carbons (Fsp3) is 0.579. The minimum absolute atomic E-state index is 0. The van der Waals surface area contributed by atoms with Crippen LogP contribution in [0.2, 0.25) is 0 Å². The summed E-state index contributed by atoms with van der Waals surface area (Å²) in [5.41, 5.74) is 1.10. The van der Waals surface area contributed by atoms with Crippen molar-refractivity contribution >= 4 is 7.60 Å². The van der Waals surface area contributed by atoms with Gasteiger partial charge in [0.25, 0.3) is 0 Å². The van der Waals surface area contributed by atoms with Gasteiger partial charge in [-0.2, -0.15) is 0 Å². The first kappa shape index (κ1) is 23.3. The second-order valence-electron chi connectivity index (χ2n) is 6.99. The summed E-state index contributed by atoms with van der Waals surface area (Å²) >= 11 is 0. The predicted octanol–water partition coefficient (Wildman–Crippen LogP) is 1.19. The van der Waals surface area contributed by atoms with Gasteiger partial charge < -0.3 is 18.9 Å². The van der Waals surface area contributed by atoms with Crippen molar-refractivity contribution in [3.05, 3.63) is 47.7 Å². The van der Waals surface area contributed by atoms with E-state index in [4.69, 9.17) is 13.8 Å². The van der Waals surface area contributed by atoms with Gasteiger partial charge in [-0.25, -0.2) is 0 Å². The number of ether oxygens (including phenoxy) is 1. The van der Waals surface area contributed by atoms with Crippen LogP contribution in [-0.4, -0.2) is 20.3 Å². The Balaban J connectivity index is 0.00000338. The van der Waals surface area contributed by atoms with Crippen LogP contribution >= 0.6 is 7.60 Å². The molecule has 2 rings (SSSR count). The van der Waals surface area contributed by atoms with Crippen LogP contribution in [-0.2, 0) is 23.8 Å². The van der Waals surface area contributed by atoms with Gasteiger partial charge in [0, 0.05) is 26.1 Å². The van der Waals surface area contributed by atoms with Crippen molar-refractivity contribution in [3.63, 3.8) is 0 Å². The molecule has 0 saturated heterocycles. The third-order valence-corrected chi connectivity index (χ3v) is 6.73. The van der Waals surface area contributed by atoms with Crippen LogP contribution in [0.3, 0.4) is 0 Å². The van der Waals surface area contributed by atoms with Crippen molar-refractivity contribution in [2.45, 2.75) is 51.0 Å². The Morgan fingerprint density at radius 2 is 1.73 bits per heavy atom. The number of hydrogen-bond acceptors (Lipinski definition) is 5.